The second-order valence-corrected chi connectivity index (χ2v) is 5.11. The summed E-state index contributed by atoms with van der Waals surface area (Å²) in [6.45, 7) is 3.06. The second kappa shape index (κ2) is 6.66. The topological polar surface area (TPSA) is 24.9 Å². The molecule has 0 saturated heterocycles. The van der Waals surface area contributed by atoms with Gasteiger partial charge in [0.25, 0.3) is 0 Å². The van der Waals surface area contributed by atoms with Crippen LogP contribution in [0.1, 0.15) is 24.2 Å². The molecule has 94 valence electrons. The Hall–Kier alpha value is -1.19. The summed E-state index contributed by atoms with van der Waals surface area (Å²) in [6, 6.07) is 14.8. The molecule has 0 bridgehead atoms. The van der Waals surface area contributed by atoms with Crippen molar-refractivity contribution in [2.24, 2.45) is 0 Å². The molecule has 0 spiro atoms. The largest absolute Gasteiger partial charge is 0.309 e. The molecule has 1 N–H and O–H groups in total. The fraction of sp³-hybridized carbons (Fsp3) is 0.267. The third-order valence-electron chi connectivity index (χ3n) is 2.85. The highest BCUT2D eigenvalue weighted by atomic mass is 79.9. The van der Waals surface area contributed by atoms with Crippen LogP contribution in [0.2, 0.25) is 0 Å². The summed E-state index contributed by atoms with van der Waals surface area (Å²) in [5.74, 6) is 0. The molecule has 18 heavy (non-hydrogen) atoms. The first-order valence-corrected chi connectivity index (χ1v) is 6.97. The van der Waals surface area contributed by atoms with Crippen molar-refractivity contribution in [1.82, 2.24) is 10.3 Å². The van der Waals surface area contributed by atoms with Gasteiger partial charge in [-0.3, -0.25) is 4.98 Å². The summed E-state index contributed by atoms with van der Waals surface area (Å²) in [5, 5.41) is 3.49. The van der Waals surface area contributed by atoms with Gasteiger partial charge >= 0.3 is 0 Å². The van der Waals surface area contributed by atoms with E-state index < -0.39 is 0 Å². The van der Waals surface area contributed by atoms with E-state index in [9.17, 15) is 0 Å². The standard InChI is InChI=1S/C15H17BrN2/c1-2-17-15(14-5-3-4-10-18-14)11-12-6-8-13(16)9-7-12/h3-10,15,17H,2,11H2,1H3. The summed E-state index contributed by atoms with van der Waals surface area (Å²) in [6.07, 6.45) is 2.80. The molecule has 2 nitrogen and oxygen atoms in total. The molecule has 0 fully saturated rings. The fourth-order valence-corrected chi connectivity index (χ4v) is 2.23. The molecule has 3 heteroatoms. The lowest BCUT2D eigenvalue weighted by molar-refractivity contribution is 0.537. The predicted octanol–water partition coefficient (Wildman–Crippen LogP) is 3.74. The van der Waals surface area contributed by atoms with E-state index in [1.165, 1.54) is 5.56 Å². The number of nitrogens with zero attached hydrogens (tertiary/aromatic N) is 1. The number of halogens is 1. The third kappa shape index (κ3) is 3.65. The van der Waals surface area contributed by atoms with Crippen molar-refractivity contribution in [2.75, 3.05) is 6.54 Å². The Labute approximate surface area is 117 Å². The van der Waals surface area contributed by atoms with Gasteiger partial charge in [-0.15, -0.1) is 0 Å². The van der Waals surface area contributed by atoms with E-state index in [2.05, 4.69) is 63.5 Å². The number of likely N-dealkylation sites (N-methyl/N-ethyl adjacent to an activating group) is 1. The number of aromatic nitrogens is 1. The van der Waals surface area contributed by atoms with Crippen LogP contribution >= 0.6 is 15.9 Å². The lowest BCUT2D eigenvalue weighted by atomic mass is 10.0. The van der Waals surface area contributed by atoms with Crippen molar-refractivity contribution >= 4 is 15.9 Å². The molecule has 0 aliphatic rings. The molecule has 0 aliphatic heterocycles. The number of hydrogen-bond acceptors (Lipinski definition) is 2. The monoisotopic (exact) mass is 304 g/mol. The molecule has 1 aromatic carbocycles. The van der Waals surface area contributed by atoms with Gasteiger partial charge in [-0.2, -0.15) is 0 Å². The smallest absolute Gasteiger partial charge is 0.0576 e. The van der Waals surface area contributed by atoms with Gasteiger partial charge in [0.15, 0.2) is 0 Å². The highest BCUT2D eigenvalue weighted by molar-refractivity contribution is 9.10. The zero-order valence-corrected chi connectivity index (χ0v) is 12.0. The van der Waals surface area contributed by atoms with Crippen LogP contribution in [-0.4, -0.2) is 11.5 Å². The zero-order valence-electron chi connectivity index (χ0n) is 10.4. The molecule has 2 rings (SSSR count). The van der Waals surface area contributed by atoms with E-state index >= 15 is 0 Å². The zero-order chi connectivity index (χ0) is 12.8. The van der Waals surface area contributed by atoms with Crippen LogP contribution in [0.15, 0.2) is 53.1 Å². The first kappa shape index (κ1) is 13.2. The molecule has 1 aromatic heterocycles. The fourth-order valence-electron chi connectivity index (χ4n) is 1.97. The Morgan fingerprint density at radius 1 is 1.17 bits per heavy atom. The lowest BCUT2D eigenvalue weighted by Crippen LogP contribution is -2.23. The van der Waals surface area contributed by atoms with Crippen molar-refractivity contribution in [2.45, 2.75) is 19.4 Å². The SMILES string of the molecule is CCNC(Cc1ccc(Br)cc1)c1ccccn1. The summed E-state index contributed by atoms with van der Waals surface area (Å²) >= 11 is 3.46. The summed E-state index contributed by atoms with van der Waals surface area (Å²) in [7, 11) is 0. The maximum Gasteiger partial charge on any atom is 0.0576 e. The van der Waals surface area contributed by atoms with E-state index in [0.717, 1.165) is 23.1 Å². The van der Waals surface area contributed by atoms with E-state index in [0.29, 0.717) is 0 Å². The van der Waals surface area contributed by atoms with Gasteiger partial charge in [0.05, 0.1) is 11.7 Å². The highest BCUT2D eigenvalue weighted by Crippen LogP contribution is 2.18. The Bertz CT molecular complexity index is 468. The normalized spacial score (nSPS) is 12.3. The van der Waals surface area contributed by atoms with Gasteiger partial charge in [0.2, 0.25) is 0 Å². The van der Waals surface area contributed by atoms with Gasteiger partial charge < -0.3 is 5.32 Å². The van der Waals surface area contributed by atoms with Crippen molar-refractivity contribution < 1.29 is 0 Å². The van der Waals surface area contributed by atoms with Gasteiger partial charge in [-0.1, -0.05) is 41.1 Å². The van der Waals surface area contributed by atoms with Crippen molar-refractivity contribution in [1.29, 1.82) is 0 Å². The minimum absolute atomic E-state index is 0.275. The maximum absolute atomic E-state index is 4.44. The minimum Gasteiger partial charge on any atom is -0.309 e. The molecular weight excluding hydrogens is 288 g/mol. The Morgan fingerprint density at radius 3 is 2.56 bits per heavy atom. The highest BCUT2D eigenvalue weighted by Gasteiger charge is 2.11. The Balaban J connectivity index is 2.14. The van der Waals surface area contributed by atoms with Crippen LogP contribution in [0.3, 0.4) is 0 Å². The summed E-state index contributed by atoms with van der Waals surface area (Å²) in [5.41, 5.74) is 2.41. The van der Waals surface area contributed by atoms with E-state index in [1.54, 1.807) is 0 Å². The van der Waals surface area contributed by atoms with Crippen LogP contribution < -0.4 is 5.32 Å². The molecule has 1 heterocycles. The number of benzene rings is 1. The van der Waals surface area contributed by atoms with Crippen LogP contribution in [0.5, 0.6) is 0 Å². The molecule has 0 saturated carbocycles. The molecule has 0 radical (unpaired) electrons. The first-order valence-electron chi connectivity index (χ1n) is 6.18. The van der Waals surface area contributed by atoms with Gasteiger partial charge in [0, 0.05) is 10.7 Å². The van der Waals surface area contributed by atoms with Crippen molar-refractivity contribution in [3.63, 3.8) is 0 Å². The van der Waals surface area contributed by atoms with E-state index in [1.807, 2.05) is 18.3 Å². The molecule has 2 aromatic rings. The maximum atomic E-state index is 4.44. The van der Waals surface area contributed by atoms with Gasteiger partial charge in [0.1, 0.15) is 0 Å². The first-order chi connectivity index (χ1) is 8.79. The summed E-state index contributed by atoms with van der Waals surface area (Å²) in [4.78, 5) is 4.44. The quantitative estimate of drug-likeness (QED) is 0.910. The molecule has 1 atom stereocenters. The van der Waals surface area contributed by atoms with E-state index in [4.69, 9.17) is 0 Å². The van der Waals surface area contributed by atoms with Crippen LogP contribution in [-0.2, 0) is 6.42 Å². The molecular formula is C15H17BrN2. The average molecular weight is 305 g/mol. The lowest BCUT2D eigenvalue weighted by Gasteiger charge is -2.17. The van der Waals surface area contributed by atoms with Crippen LogP contribution in [0.25, 0.3) is 0 Å². The molecule has 0 aliphatic carbocycles. The number of nitrogens with one attached hydrogen (secondary N) is 1. The second-order valence-electron chi connectivity index (χ2n) is 4.20. The van der Waals surface area contributed by atoms with Crippen LogP contribution in [0, 0.1) is 0 Å². The average Bonchev–Trinajstić information content (AvgIpc) is 2.42. The third-order valence-corrected chi connectivity index (χ3v) is 3.38. The van der Waals surface area contributed by atoms with Crippen LogP contribution in [0.4, 0.5) is 0 Å². The minimum atomic E-state index is 0.275. The molecule has 1 unspecified atom stereocenters. The Morgan fingerprint density at radius 2 is 1.94 bits per heavy atom. The molecule has 0 amide bonds. The number of hydrogen-bond donors (Lipinski definition) is 1. The predicted molar refractivity (Wildman–Crippen MR) is 78.5 cm³/mol. The van der Waals surface area contributed by atoms with Gasteiger partial charge in [-0.25, -0.2) is 0 Å². The van der Waals surface area contributed by atoms with Crippen molar-refractivity contribution in [3.05, 3.63) is 64.4 Å². The van der Waals surface area contributed by atoms with Gasteiger partial charge in [-0.05, 0) is 42.8 Å². The number of pyridine rings is 1. The van der Waals surface area contributed by atoms with E-state index in [-0.39, 0.29) is 6.04 Å². The summed E-state index contributed by atoms with van der Waals surface area (Å²) < 4.78 is 1.11. The number of rotatable bonds is 5. The van der Waals surface area contributed by atoms with Crippen molar-refractivity contribution in [3.8, 4) is 0 Å². The Kier molecular flexibility index (Phi) is 4.90.